The maximum absolute atomic E-state index is 9.63. The van der Waals surface area contributed by atoms with E-state index in [4.69, 9.17) is 19.6 Å². The molecule has 0 saturated carbocycles. The van der Waals surface area contributed by atoms with Crippen molar-refractivity contribution in [1.29, 1.82) is 0 Å². The van der Waals surface area contributed by atoms with Gasteiger partial charge in [-0.3, -0.25) is 15.0 Å². The molecule has 10 nitrogen and oxygen atoms in total. The molecule has 3 aromatic rings. The zero-order valence-corrected chi connectivity index (χ0v) is 15.7. The van der Waals surface area contributed by atoms with E-state index in [0.29, 0.717) is 0 Å². The Bertz CT molecular complexity index is 596. The highest BCUT2D eigenvalue weighted by Gasteiger charge is 2.27. The SMILES string of the molecule is O=P(O)(O)OP(=O)(O)O.c1ccncc1.c1ccncc1.c1ccncc1. The van der Waals surface area contributed by atoms with E-state index in [2.05, 4.69) is 19.3 Å². The summed E-state index contributed by atoms with van der Waals surface area (Å²) in [6.45, 7) is 0. The van der Waals surface area contributed by atoms with E-state index in [1.807, 2.05) is 54.6 Å². The third kappa shape index (κ3) is 23.7. The van der Waals surface area contributed by atoms with Gasteiger partial charge in [-0.05, 0) is 36.4 Å². The largest absolute Gasteiger partial charge is 0.478 e. The van der Waals surface area contributed by atoms with Crippen molar-refractivity contribution >= 4 is 15.6 Å². The van der Waals surface area contributed by atoms with E-state index >= 15 is 0 Å². The van der Waals surface area contributed by atoms with Crippen LogP contribution in [0.1, 0.15) is 0 Å². The van der Waals surface area contributed by atoms with Crippen molar-refractivity contribution in [2.75, 3.05) is 0 Å². The third-order valence-electron chi connectivity index (χ3n) is 1.91. The van der Waals surface area contributed by atoms with Crippen LogP contribution in [0.3, 0.4) is 0 Å². The van der Waals surface area contributed by atoms with Gasteiger partial charge in [-0.2, -0.15) is 4.31 Å². The summed E-state index contributed by atoms with van der Waals surface area (Å²) in [6, 6.07) is 17.1. The first kappa shape index (κ1) is 24.7. The first-order valence-corrected chi connectivity index (χ1v) is 10.1. The van der Waals surface area contributed by atoms with Crippen molar-refractivity contribution in [3.8, 4) is 0 Å². The monoisotopic (exact) mass is 415 g/mol. The molecule has 146 valence electrons. The quantitative estimate of drug-likeness (QED) is 0.457. The summed E-state index contributed by atoms with van der Waals surface area (Å²) in [5, 5.41) is 0. The van der Waals surface area contributed by atoms with Crippen molar-refractivity contribution in [1.82, 2.24) is 15.0 Å². The van der Waals surface area contributed by atoms with Gasteiger partial charge in [0.1, 0.15) is 0 Å². The van der Waals surface area contributed by atoms with Crippen LogP contribution < -0.4 is 0 Å². The zero-order valence-electron chi connectivity index (χ0n) is 13.9. The van der Waals surface area contributed by atoms with Gasteiger partial charge in [0, 0.05) is 37.2 Å². The van der Waals surface area contributed by atoms with Gasteiger partial charge in [-0.1, -0.05) is 18.2 Å². The molecule has 3 rings (SSSR count). The Morgan fingerprint density at radius 2 is 0.704 bits per heavy atom. The summed E-state index contributed by atoms with van der Waals surface area (Å²) in [5.41, 5.74) is 0. The van der Waals surface area contributed by atoms with E-state index in [0.717, 1.165) is 0 Å². The van der Waals surface area contributed by atoms with Crippen LogP contribution in [0.5, 0.6) is 0 Å². The van der Waals surface area contributed by atoms with Gasteiger partial charge in [0.2, 0.25) is 0 Å². The highest BCUT2D eigenvalue weighted by Crippen LogP contribution is 2.53. The molecule has 0 aliphatic heterocycles. The molecular formula is C15H19N3O7P2. The number of aromatic nitrogens is 3. The minimum Gasteiger partial charge on any atom is -0.302 e. The van der Waals surface area contributed by atoms with Crippen LogP contribution in [0.15, 0.2) is 91.8 Å². The fourth-order valence-corrected chi connectivity index (χ4v) is 2.18. The predicted octanol–water partition coefficient (Wildman–Crippen LogP) is 2.43. The van der Waals surface area contributed by atoms with Crippen LogP contribution in [0, 0.1) is 0 Å². The second kappa shape index (κ2) is 14.8. The Kier molecular flexibility index (Phi) is 13.6. The fraction of sp³-hybridized carbons (Fsp3) is 0. The smallest absolute Gasteiger partial charge is 0.302 e. The average molecular weight is 415 g/mol. The van der Waals surface area contributed by atoms with Gasteiger partial charge >= 0.3 is 15.6 Å². The number of pyridine rings is 3. The molecule has 0 radical (unpaired) electrons. The van der Waals surface area contributed by atoms with Gasteiger partial charge < -0.3 is 19.6 Å². The molecule has 0 aliphatic rings. The lowest BCUT2D eigenvalue weighted by Crippen LogP contribution is -1.84. The Morgan fingerprint density at radius 3 is 0.741 bits per heavy atom. The third-order valence-corrected chi connectivity index (χ3v) is 3.61. The molecule has 0 amide bonds. The molecule has 3 heterocycles. The van der Waals surface area contributed by atoms with Crippen molar-refractivity contribution in [2.24, 2.45) is 0 Å². The number of hydrogen-bond acceptors (Lipinski definition) is 6. The normalized spacial score (nSPS) is 9.93. The van der Waals surface area contributed by atoms with Gasteiger partial charge in [0.05, 0.1) is 0 Å². The lowest BCUT2D eigenvalue weighted by Gasteiger charge is -2.03. The van der Waals surface area contributed by atoms with Crippen LogP contribution in [-0.4, -0.2) is 34.5 Å². The van der Waals surface area contributed by atoms with Gasteiger partial charge in [0.25, 0.3) is 0 Å². The summed E-state index contributed by atoms with van der Waals surface area (Å²) in [6.07, 6.45) is 10.5. The molecular weight excluding hydrogens is 396 g/mol. The Labute approximate surface area is 156 Å². The highest BCUT2D eigenvalue weighted by molar-refractivity contribution is 7.60. The van der Waals surface area contributed by atoms with E-state index in [9.17, 15) is 9.13 Å². The minimum absolute atomic E-state index is 1.75. The molecule has 0 bridgehead atoms. The van der Waals surface area contributed by atoms with E-state index < -0.39 is 15.6 Å². The predicted molar refractivity (Wildman–Crippen MR) is 97.9 cm³/mol. The molecule has 27 heavy (non-hydrogen) atoms. The molecule has 12 heteroatoms. The van der Waals surface area contributed by atoms with Crippen LogP contribution in [0.25, 0.3) is 0 Å². The summed E-state index contributed by atoms with van der Waals surface area (Å²) in [7, 11) is -10.1. The second-order valence-corrected chi connectivity index (χ2v) is 6.75. The van der Waals surface area contributed by atoms with E-state index in [1.54, 1.807) is 37.2 Å². The van der Waals surface area contributed by atoms with E-state index in [-0.39, 0.29) is 0 Å². The fourth-order valence-electron chi connectivity index (χ4n) is 1.08. The second-order valence-electron chi connectivity index (χ2n) is 4.14. The maximum Gasteiger partial charge on any atom is 0.478 e. The number of phosphoric acid groups is 2. The van der Waals surface area contributed by atoms with Crippen molar-refractivity contribution in [3.63, 3.8) is 0 Å². The molecule has 0 aliphatic carbocycles. The van der Waals surface area contributed by atoms with Crippen LogP contribution in [0.4, 0.5) is 0 Å². The summed E-state index contributed by atoms with van der Waals surface area (Å²) >= 11 is 0. The van der Waals surface area contributed by atoms with Crippen molar-refractivity contribution in [3.05, 3.63) is 91.8 Å². The number of hydrogen-bond donors (Lipinski definition) is 4. The first-order chi connectivity index (χ1) is 12.7. The first-order valence-electron chi connectivity index (χ1n) is 7.08. The molecule has 0 saturated heterocycles. The average Bonchev–Trinajstić information content (AvgIpc) is 2.65. The zero-order chi connectivity index (χ0) is 20.4. The summed E-state index contributed by atoms with van der Waals surface area (Å²) in [4.78, 5) is 42.4. The Hall–Kier alpha value is -2.29. The Morgan fingerprint density at radius 1 is 0.481 bits per heavy atom. The summed E-state index contributed by atoms with van der Waals surface area (Å²) < 4.78 is 22.2. The highest BCUT2D eigenvalue weighted by atomic mass is 31.3. The van der Waals surface area contributed by atoms with Gasteiger partial charge in [-0.15, -0.1) is 0 Å². The maximum atomic E-state index is 9.63. The number of nitrogens with zero attached hydrogens (tertiary/aromatic N) is 3. The minimum atomic E-state index is -5.05. The standard InChI is InChI=1S/3C5H5N.H4O7P2/c3*1-2-4-6-5-3-1;1-8(2,3)7-9(4,5)6/h3*1-5H;(H2,1,2,3)(H2,4,5,6). The van der Waals surface area contributed by atoms with Crippen LogP contribution in [-0.2, 0) is 13.4 Å². The molecule has 0 aromatic carbocycles. The molecule has 0 atom stereocenters. The summed E-state index contributed by atoms with van der Waals surface area (Å²) in [5.74, 6) is 0. The lowest BCUT2D eigenvalue weighted by molar-refractivity contribution is 0.225. The molecule has 4 N–H and O–H groups in total. The Balaban J connectivity index is 0.000000338. The molecule has 0 spiro atoms. The topological polar surface area (TPSA) is 163 Å². The van der Waals surface area contributed by atoms with Crippen molar-refractivity contribution in [2.45, 2.75) is 0 Å². The molecule has 3 aromatic heterocycles. The van der Waals surface area contributed by atoms with Crippen LogP contribution in [0.2, 0.25) is 0 Å². The number of rotatable bonds is 2. The van der Waals surface area contributed by atoms with Gasteiger partial charge in [0.15, 0.2) is 0 Å². The molecule has 0 fully saturated rings. The van der Waals surface area contributed by atoms with Crippen molar-refractivity contribution < 1.29 is 33.0 Å². The van der Waals surface area contributed by atoms with Gasteiger partial charge in [-0.25, -0.2) is 9.13 Å². The lowest BCUT2D eigenvalue weighted by atomic mass is 10.5. The van der Waals surface area contributed by atoms with E-state index in [1.165, 1.54) is 0 Å². The van der Waals surface area contributed by atoms with Crippen LogP contribution >= 0.6 is 15.6 Å². The molecule has 0 unspecified atom stereocenters.